The molecule has 6 N–H and O–H groups in total. The molecule has 6 unspecified atom stereocenters. The number of dihydropyridines is 3. The van der Waals surface area contributed by atoms with E-state index >= 15 is 0 Å². The summed E-state index contributed by atoms with van der Waals surface area (Å²) in [5.74, 6) is -0.123. The molecule has 225 valence electrons. The molecular weight excluding hydrogens is 969 g/mol. The van der Waals surface area contributed by atoms with Gasteiger partial charge in [0.2, 0.25) is 0 Å². The van der Waals surface area contributed by atoms with Gasteiger partial charge in [-0.15, -0.1) is 0 Å². The molecule has 0 aromatic carbocycles. The molecule has 43 heavy (non-hydrogen) atoms. The van der Waals surface area contributed by atoms with Gasteiger partial charge in [-0.1, -0.05) is 66.0 Å². The largest absolute Gasteiger partial charge is 0.495 e. The van der Waals surface area contributed by atoms with Gasteiger partial charge in [0.25, 0.3) is 0 Å². The van der Waals surface area contributed by atoms with E-state index in [0.717, 1.165) is 16.7 Å². The van der Waals surface area contributed by atoms with Crippen molar-refractivity contribution in [3.05, 3.63) is 102 Å². The number of hydrogen-bond acceptors (Lipinski definition) is 9. The van der Waals surface area contributed by atoms with E-state index in [1.807, 2.05) is 0 Å². The van der Waals surface area contributed by atoms with Gasteiger partial charge in [0.05, 0.1) is 27.9 Å². The number of hydrogen-bond donors (Lipinski definition) is 6. The van der Waals surface area contributed by atoms with Crippen molar-refractivity contribution in [2.24, 2.45) is 0 Å². The zero-order valence-electron chi connectivity index (χ0n) is 21.6. The summed E-state index contributed by atoms with van der Waals surface area (Å²) in [6, 6.07) is -1.36. The van der Waals surface area contributed by atoms with E-state index in [1.54, 1.807) is 54.7 Å². The van der Waals surface area contributed by atoms with Gasteiger partial charge in [0.1, 0.15) is 18.1 Å². The SMILES string of the molecule is O=C1C(Br)=CC(Br)C2=CC=C(O)NC12.O=C1C(Br)=CC(Br)C2=CC=C(O)NC12.O=C1C(Br)=CC(Br)C2=CC=C(O)NC12.[Al]. The van der Waals surface area contributed by atoms with Gasteiger partial charge >= 0.3 is 0 Å². The van der Waals surface area contributed by atoms with E-state index in [-0.39, 0.29) is 66.8 Å². The maximum Gasteiger partial charge on any atom is 0.196 e. The Bertz CT molecular complexity index is 1340. The highest BCUT2D eigenvalue weighted by atomic mass is 79.9. The molecule has 3 aliphatic heterocycles. The lowest BCUT2D eigenvalue weighted by Crippen LogP contribution is -2.44. The van der Waals surface area contributed by atoms with Crippen LogP contribution in [-0.2, 0) is 14.4 Å². The average Bonchev–Trinajstić information content (AvgIpc) is 2.94. The molecular formula is C27H21AlBr6N3O6. The summed E-state index contributed by atoms with van der Waals surface area (Å²) in [5, 5.41) is 35.9. The molecule has 6 atom stereocenters. The van der Waals surface area contributed by atoms with Crippen molar-refractivity contribution >= 4 is 130 Å². The maximum absolute atomic E-state index is 11.7. The van der Waals surface area contributed by atoms with Gasteiger partial charge in [-0.05, 0) is 101 Å². The molecule has 6 aliphatic rings. The molecule has 3 aliphatic carbocycles. The quantitative estimate of drug-likeness (QED) is 0.140. The number of halogens is 6. The van der Waals surface area contributed by atoms with Crippen LogP contribution in [0.15, 0.2) is 102 Å². The minimum Gasteiger partial charge on any atom is -0.495 e. The van der Waals surface area contributed by atoms with Crippen molar-refractivity contribution in [1.82, 2.24) is 16.0 Å². The number of ketones is 3. The van der Waals surface area contributed by atoms with Crippen LogP contribution in [0.4, 0.5) is 0 Å². The summed E-state index contributed by atoms with van der Waals surface area (Å²) < 4.78 is 1.59. The topological polar surface area (TPSA) is 148 Å². The Balaban J connectivity index is 0.000000175. The molecule has 0 aromatic rings. The van der Waals surface area contributed by atoms with Crippen LogP contribution >= 0.6 is 95.6 Å². The number of rotatable bonds is 0. The van der Waals surface area contributed by atoms with Gasteiger partial charge in [0, 0.05) is 17.4 Å². The Hall–Kier alpha value is -1.12. The number of carbonyl (C=O) groups is 3. The molecule has 0 saturated carbocycles. The fraction of sp³-hybridized carbons (Fsp3) is 0.222. The van der Waals surface area contributed by atoms with E-state index in [2.05, 4.69) is 112 Å². The first-order chi connectivity index (χ1) is 19.8. The lowest BCUT2D eigenvalue weighted by Gasteiger charge is -2.29. The maximum atomic E-state index is 11.7. The van der Waals surface area contributed by atoms with Crippen LogP contribution in [0.1, 0.15) is 0 Å². The summed E-state index contributed by atoms with van der Waals surface area (Å²) in [4.78, 5) is 35.1. The molecule has 0 saturated heterocycles. The second-order valence-electron chi connectivity index (χ2n) is 9.23. The zero-order valence-corrected chi connectivity index (χ0v) is 32.2. The summed E-state index contributed by atoms with van der Waals surface area (Å²) in [6.07, 6.45) is 15.3. The lowest BCUT2D eigenvalue weighted by molar-refractivity contribution is -0.117. The Morgan fingerprint density at radius 3 is 0.953 bits per heavy atom. The Morgan fingerprint density at radius 2 is 0.721 bits per heavy atom. The third kappa shape index (κ3) is 8.38. The van der Waals surface area contributed by atoms with Crippen molar-refractivity contribution in [2.75, 3.05) is 0 Å². The molecule has 0 aromatic heterocycles. The third-order valence-corrected chi connectivity index (χ3v) is 10.8. The van der Waals surface area contributed by atoms with Crippen molar-refractivity contribution in [2.45, 2.75) is 32.6 Å². The summed E-state index contributed by atoms with van der Waals surface area (Å²) >= 11 is 19.9. The number of fused-ring (bicyclic) bond motifs is 3. The van der Waals surface area contributed by atoms with Crippen molar-refractivity contribution < 1.29 is 29.7 Å². The van der Waals surface area contributed by atoms with Crippen molar-refractivity contribution in [3.8, 4) is 0 Å². The minimum absolute atomic E-state index is 0. The molecule has 6 rings (SSSR count). The molecule has 9 nitrogen and oxygen atoms in total. The number of carbonyl (C=O) groups excluding carboxylic acids is 3. The second kappa shape index (κ2) is 15.4. The van der Waals surface area contributed by atoms with E-state index in [1.165, 1.54) is 0 Å². The molecule has 0 amide bonds. The zero-order chi connectivity index (χ0) is 30.9. The summed E-state index contributed by atoms with van der Waals surface area (Å²) in [5.41, 5.74) is 2.74. The van der Waals surface area contributed by atoms with Crippen LogP contribution < -0.4 is 16.0 Å². The van der Waals surface area contributed by atoms with E-state index in [4.69, 9.17) is 0 Å². The van der Waals surface area contributed by atoms with Crippen LogP contribution in [0, 0.1) is 0 Å². The first-order valence-electron chi connectivity index (χ1n) is 12.1. The van der Waals surface area contributed by atoms with Crippen LogP contribution in [0.25, 0.3) is 0 Å². The normalized spacial score (nSPS) is 30.3. The van der Waals surface area contributed by atoms with Gasteiger partial charge in [-0.2, -0.15) is 0 Å². The Morgan fingerprint density at radius 1 is 0.488 bits per heavy atom. The van der Waals surface area contributed by atoms with Gasteiger partial charge in [-0.25, -0.2) is 0 Å². The lowest BCUT2D eigenvalue weighted by atomic mass is 9.92. The van der Waals surface area contributed by atoms with Gasteiger partial charge in [-0.3, -0.25) is 14.4 Å². The van der Waals surface area contributed by atoms with E-state index in [0.29, 0.717) is 13.4 Å². The predicted molar refractivity (Wildman–Crippen MR) is 187 cm³/mol. The number of aliphatic hydroxyl groups is 3. The summed E-state index contributed by atoms with van der Waals surface area (Å²) in [6.45, 7) is 0. The second-order valence-corrected chi connectivity index (χ2v) is 14.8. The average molecular weight is 990 g/mol. The highest BCUT2D eigenvalue weighted by Crippen LogP contribution is 2.33. The fourth-order valence-electron chi connectivity index (χ4n) is 4.39. The molecule has 16 heteroatoms. The number of aliphatic hydroxyl groups excluding tert-OH is 3. The first kappa shape index (κ1) is 36.4. The first-order valence-corrected chi connectivity index (χ1v) is 17.2. The molecule has 0 bridgehead atoms. The Kier molecular flexibility index (Phi) is 13.1. The molecule has 0 spiro atoms. The molecule has 3 radical (unpaired) electrons. The number of Topliss-reactive ketones (excluding diaryl/α,β-unsaturated/α-hetero) is 3. The number of allylic oxidation sites excluding steroid dienone is 9. The Labute approximate surface area is 308 Å². The molecule has 3 heterocycles. The van der Waals surface area contributed by atoms with Crippen LogP contribution in [0.2, 0.25) is 0 Å². The molecule has 0 fully saturated rings. The van der Waals surface area contributed by atoms with Crippen LogP contribution in [0.5, 0.6) is 0 Å². The van der Waals surface area contributed by atoms with Gasteiger partial charge < -0.3 is 31.3 Å². The summed E-state index contributed by atoms with van der Waals surface area (Å²) in [7, 11) is 0. The minimum atomic E-state index is -0.455. The standard InChI is InChI=1S/3C9H7Br2NO2.Al/c3*10-5-3-6(11)9(14)8-4(5)1-2-7(13)12-8;/h3*1-3,5,8,12-13H;. The van der Waals surface area contributed by atoms with Crippen molar-refractivity contribution in [1.29, 1.82) is 0 Å². The highest BCUT2D eigenvalue weighted by molar-refractivity contribution is 9.12. The van der Waals surface area contributed by atoms with E-state index in [9.17, 15) is 29.7 Å². The van der Waals surface area contributed by atoms with Crippen LogP contribution in [0.3, 0.4) is 0 Å². The third-order valence-electron chi connectivity index (χ3n) is 6.50. The smallest absolute Gasteiger partial charge is 0.196 e. The number of nitrogens with one attached hydrogen (secondary N) is 3. The number of alkyl halides is 3. The van der Waals surface area contributed by atoms with E-state index < -0.39 is 18.1 Å². The predicted octanol–water partition coefficient (Wildman–Crippen LogP) is 5.35. The van der Waals surface area contributed by atoms with Crippen LogP contribution in [-0.4, -0.2) is 82.6 Å². The highest BCUT2D eigenvalue weighted by Gasteiger charge is 2.36. The van der Waals surface area contributed by atoms with Gasteiger partial charge in [0.15, 0.2) is 35.0 Å². The monoisotopic (exact) mass is 984 g/mol. The fourth-order valence-corrected chi connectivity index (χ4v) is 8.98. The van der Waals surface area contributed by atoms with Crippen molar-refractivity contribution in [3.63, 3.8) is 0 Å².